The third-order valence-corrected chi connectivity index (χ3v) is 3.28. The number of benzene rings is 1. The van der Waals surface area contributed by atoms with Gasteiger partial charge in [0.25, 0.3) is 0 Å². The van der Waals surface area contributed by atoms with Gasteiger partial charge in [0.2, 0.25) is 0 Å². The van der Waals surface area contributed by atoms with Gasteiger partial charge >= 0.3 is 0 Å². The van der Waals surface area contributed by atoms with Crippen LogP contribution in [0.5, 0.6) is 5.75 Å². The molecule has 2 nitrogen and oxygen atoms in total. The molecule has 0 aliphatic carbocycles. The van der Waals surface area contributed by atoms with Crippen LogP contribution in [0.25, 0.3) is 0 Å². The Hall–Kier alpha value is -0.730. The largest absolute Gasteiger partial charge is 0.489 e. The standard InChI is InChI=1S/C13H18ClNO/c1-2-10-3-4-13(12(14)9-10)16-11-5-7-15-8-6-11/h3-4,9,11,15H,2,5-8H2,1H3. The van der Waals surface area contributed by atoms with Crippen LogP contribution in [0.2, 0.25) is 5.02 Å². The Morgan fingerprint density at radius 3 is 2.75 bits per heavy atom. The molecule has 3 heteroatoms. The minimum absolute atomic E-state index is 0.311. The summed E-state index contributed by atoms with van der Waals surface area (Å²) in [6.45, 7) is 4.20. The van der Waals surface area contributed by atoms with Gasteiger partial charge in [0.05, 0.1) is 5.02 Å². The summed E-state index contributed by atoms with van der Waals surface area (Å²) in [4.78, 5) is 0. The maximum absolute atomic E-state index is 6.19. The first-order valence-electron chi connectivity index (χ1n) is 5.95. The molecule has 0 spiro atoms. The second-order valence-corrected chi connectivity index (χ2v) is 4.59. The van der Waals surface area contributed by atoms with Crippen molar-refractivity contribution in [2.45, 2.75) is 32.3 Å². The van der Waals surface area contributed by atoms with Crippen LogP contribution in [0.4, 0.5) is 0 Å². The smallest absolute Gasteiger partial charge is 0.138 e. The topological polar surface area (TPSA) is 21.3 Å². The zero-order valence-corrected chi connectivity index (χ0v) is 10.4. The van der Waals surface area contributed by atoms with Crippen molar-refractivity contribution in [1.29, 1.82) is 0 Å². The first-order valence-corrected chi connectivity index (χ1v) is 6.33. The zero-order chi connectivity index (χ0) is 11.4. The lowest BCUT2D eigenvalue weighted by Gasteiger charge is -2.24. The van der Waals surface area contributed by atoms with Crippen LogP contribution in [0.1, 0.15) is 25.3 Å². The summed E-state index contributed by atoms with van der Waals surface area (Å²) in [5, 5.41) is 4.05. The Balaban J connectivity index is 2.03. The second-order valence-electron chi connectivity index (χ2n) is 4.19. The number of halogens is 1. The quantitative estimate of drug-likeness (QED) is 0.876. The molecule has 0 unspecified atom stereocenters. The normalized spacial score (nSPS) is 17.4. The van der Waals surface area contributed by atoms with Gasteiger partial charge in [-0.05, 0) is 50.0 Å². The van der Waals surface area contributed by atoms with Gasteiger partial charge in [-0.15, -0.1) is 0 Å². The van der Waals surface area contributed by atoms with E-state index in [-0.39, 0.29) is 0 Å². The van der Waals surface area contributed by atoms with Gasteiger partial charge in [-0.25, -0.2) is 0 Å². The van der Waals surface area contributed by atoms with Crippen molar-refractivity contribution >= 4 is 11.6 Å². The van der Waals surface area contributed by atoms with Gasteiger partial charge in [0.15, 0.2) is 0 Å². The van der Waals surface area contributed by atoms with Gasteiger partial charge < -0.3 is 10.1 Å². The highest BCUT2D eigenvalue weighted by atomic mass is 35.5. The molecule has 1 fully saturated rings. The van der Waals surface area contributed by atoms with Crippen LogP contribution in [0.3, 0.4) is 0 Å². The number of nitrogens with one attached hydrogen (secondary N) is 1. The third-order valence-electron chi connectivity index (χ3n) is 2.98. The Bertz CT molecular complexity index is 348. The van der Waals surface area contributed by atoms with E-state index in [4.69, 9.17) is 16.3 Å². The van der Waals surface area contributed by atoms with Crippen LogP contribution in [-0.4, -0.2) is 19.2 Å². The van der Waals surface area contributed by atoms with Crippen molar-refractivity contribution < 1.29 is 4.74 Å². The molecule has 1 aliphatic heterocycles. The average molecular weight is 240 g/mol. The fourth-order valence-corrected chi connectivity index (χ4v) is 2.20. The van der Waals surface area contributed by atoms with Crippen molar-refractivity contribution in [2.75, 3.05) is 13.1 Å². The fourth-order valence-electron chi connectivity index (χ4n) is 1.95. The van der Waals surface area contributed by atoms with E-state index in [9.17, 15) is 0 Å². The lowest BCUT2D eigenvalue weighted by atomic mass is 10.1. The maximum Gasteiger partial charge on any atom is 0.138 e. The van der Waals surface area contributed by atoms with E-state index < -0.39 is 0 Å². The molecule has 88 valence electrons. The van der Waals surface area contributed by atoms with E-state index in [2.05, 4.69) is 18.3 Å². The summed E-state index contributed by atoms with van der Waals surface area (Å²) in [5.41, 5.74) is 1.25. The molecule has 1 aromatic carbocycles. The molecule has 0 saturated carbocycles. The van der Waals surface area contributed by atoms with Crippen molar-refractivity contribution in [3.05, 3.63) is 28.8 Å². The van der Waals surface area contributed by atoms with E-state index >= 15 is 0 Å². The molecule has 1 aromatic rings. The molecular formula is C13H18ClNO. The Morgan fingerprint density at radius 2 is 2.12 bits per heavy atom. The SMILES string of the molecule is CCc1ccc(OC2CCNCC2)c(Cl)c1. The molecule has 0 atom stereocenters. The first-order chi connectivity index (χ1) is 7.79. The molecule has 1 saturated heterocycles. The summed E-state index contributed by atoms with van der Waals surface area (Å²) >= 11 is 6.19. The van der Waals surface area contributed by atoms with Gasteiger partial charge in [0, 0.05) is 0 Å². The Kier molecular flexibility index (Phi) is 4.08. The highest BCUT2D eigenvalue weighted by Crippen LogP contribution is 2.27. The Labute approximate surface area is 102 Å². The molecule has 1 N–H and O–H groups in total. The lowest BCUT2D eigenvalue weighted by molar-refractivity contribution is 0.162. The van der Waals surface area contributed by atoms with Crippen LogP contribution < -0.4 is 10.1 Å². The summed E-state index contributed by atoms with van der Waals surface area (Å²) in [6, 6.07) is 6.07. The zero-order valence-electron chi connectivity index (χ0n) is 9.63. The summed E-state index contributed by atoms with van der Waals surface area (Å²) in [7, 11) is 0. The predicted molar refractivity (Wildman–Crippen MR) is 67.3 cm³/mol. The van der Waals surface area contributed by atoms with Crippen LogP contribution >= 0.6 is 11.6 Å². The van der Waals surface area contributed by atoms with E-state index in [1.807, 2.05) is 12.1 Å². The number of aryl methyl sites for hydroxylation is 1. The van der Waals surface area contributed by atoms with Gasteiger partial charge in [-0.1, -0.05) is 24.6 Å². The molecule has 0 bridgehead atoms. The van der Waals surface area contributed by atoms with Gasteiger partial charge in [0.1, 0.15) is 11.9 Å². The van der Waals surface area contributed by atoms with Gasteiger partial charge in [-0.3, -0.25) is 0 Å². The highest BCUT2D eigenvalue weighted by molar-refractivity contribution is 6.32. The average Bonchev–Trinajstić information content (AvgIpc) is 2.33. The molecule has 0 aromatic heterocycles. The molecule has 0 amide bonds. The summed E-state index contributed by atoms with van der Waals surface area (Å²) < 4.78 is 5.91. The number of piperidine rings is 1. The van der Waals surface area contributed by atoms with Gasteiger partial charge in [-0.2, -0.15) is 0 Å². The van der Waals surface area contributed by atoms with Crippen molar-refractivity contribution in [3.63, 3.8) is 0 Å². The molecular weight excluding hydrogens is 222 g/mol. The summed E-state index contributed by atoms with van der Waals surface area (Å²) in [5.74, 6) is 0.825. The number of ether oxygens (including phenoxy) is 1. The molecule has 1 aliphatic rings. The maximum atomic E-state index is 6.19. The van der Waals surface area contributed by atoms with E-state index in [0.717, 1.165) is 43.1 Å². The first kappa shape index (κ1) is 11.7. The molecule has 1 heterocycles. The van der Waals surface area contributed by atoms with E-state index in [0.29, 0.717) is 6.10 Å². The molecule has 2 rings (SSSR count). The van der Waals surface area contributed by atoms with Crippen molar-refractivity contribution in [2.24, 2.45) is 0 Å². The van der Waals surface area contributed by atoms with E-state index in [1.165, 1.54) is 5.56 Å². The third kappa shape index (κ3) is 2.89. The van der Waals surface area contributed by atoms with Crippen molar-refractivity contribution in [3.8, 4) is 5.75 Å². The van der Waals surface area contributed by atoms with E-state index in [1.54, 1.807) is 0 Å². The number of hydrogen-bond donors (Lipinski definition) is 1. The minimum Gasteiger partial charge on any atom is -0.489 e. The van der Waals surface area contributed by atoms with Crippen LogP contribution in [-0.2, 0) is 6.42 Å². The minimum atomic E-state index is 0.311. The molecule has 16 heavy (non-hydrogen) atoms. The number of rotatable bonds is 3. The predicted octanol–water partition coefficient (Wildman–Crippen LogP) is 3.03. The Morgan fingerprint density at radius 1 is 1.38 bits per heavy atom. The summed E-state index contributed by atoms with van der Waals surface area (Å²) in [6.07, 6.45) is 3.44. The van der Waals surface area contributed by atoms with Crippen molar-refractivity contribution in [1.82, 2.24) is 5.32 Å². The monoisotopic (exact) mass is 239 g/mol. The fraction of sp³-hybridized carbons (Fsp3) is 0.538. The molecule has 0 radical (unpaired) electrons. The van der Waals surface area contributed by atoms with Crippen LogP contribution in [0.15, 0.2) is 18.2 Å². The highest BCUT2D eigenvalue weighted by Gasteiger charge is 2.15. The number of hydrogen-bond acceptors (Lipinski definition) is 2. The van der Waals surface area contributed by atoms with Crippen LogP contribution in [0, 0.1) is 0 Å². The lowest BCUT2D eigenvalue weighted by Crippen LogP contribution is -2.34. The second kappa shape index (κ2) is 5.55.